The molecule has 402 valence electrons. The summed E-state index contributed by atoms with van der Waals surface area (Å²) >= 11 is 1.58. The van der Waals surface area contributed by atoms with E-state index < -0.39 is 41.3 Å². The number of ketones is 1. The Kier molecular flexibility index (Phi) is 18.5. The third-order valence-corrected chi connectivity index (χ3v) is 14.5. The van der Waals surface area contributed by atoms with Crippen LogP contribution in [0.5, 0.6) is 5.75 Å². The van der Waals surface area contributed by atoms with Crippen molar-refractivity contribution in [1.29, 1.82) is 0 Å². The van der Waals surface area contributed by atoms with Crippen LogP contribution in [0.4, 0.5) is 0 Å². The molecule has 3 amide bonds. The van der Waals surface area contributed by atoms with Crippen molar-refractivity contribution in [2.45, 2.75) is 85.5 Å². The number of nitrogens with one attached hydrogen (secondary N) is 1. The lowest BCUT2D eigenvalue weighted by atomic mass is 9.85. The Balaban J connectivity index is 0.725. The molecule has 18 heteroatoms. The lowest BCUT2D eigenvalue weighted by Gasteiger charge is -2.35. The van der Waals surface area contributed by atoms with E-state index in [-0.39, 0.29) is 51.6 Å². The van der Waals surface area contributed by atoms with E-state index in [4.69, 9.17) is 33.9 Å². The van der Waals surface area contributed by atoms with E-state index in [0.717, 1.165) is 65.9 Å². The number of hydrogen-bond acceptors (Lipinski definition) is 14. The number of aliphatic hydroxyl groups is 1. The summed E-state index contributed by atoms with van der Waals surface area (Å²) in [5, 5.41) is 19.1. The lowest BCUT2D eigenvalue weighted by Crippen LogP contribution is -2.57. The monoisotopic (exact) mass is 1060 g/mol. The minimum absolute atomic E-state index is 0.0144. The topological polar surface area (TPSA) is 220 Å². The molecule has 0 saturated carbocycles. The smallest absolute Gasteiger partial charge is 0.249 e. The molecule has 1 aliphatic heterocycles. The fourth-order valence-electron chi connectivity index (χ4n) is 9.72. The van der Waals surface area contributed by atoms with E-state index in [9.17, 15) is 24.3 Å². The maximum atomic E-state index is 14.0. The number of ether oxygens (including phenoxy) is 5. The second-order valence-corrected chi connectivity index (χ2v) is 21.0. The second kappa shape index (κ2) is 25.4. The number of amides is 3. The van der Waals surface area contributed by atoms with Gasteiger partial charge in [-0.2, -0.15) is 0 Å². The average Bonchev–Trinajstić information content (AvgIpc) is 4.22. The molecule has 0 radical (unpaired) electrons. The van der Waals surface area contributed by atoms with Crippen LogP contribution in [0, 0.1) is 26.2 Å². The molecule has 8 rings (SSSR count). The standard InChI is InChI=1S/C58H68N6O11S/c1-36-52(38(3)75-62-36)42-28-46(56(59)68)53-45-31-44(17-18-47(45)63(49(53)29-42)32-40-10-8-7-9-11-40)74-27-26-72-23-22-70-20-21-71-24-25-73-34-51(67)61-55(58(4,5)6)57(69)64-33-43(65)30-48(64)50(66)19-14-39-12-15-41(16-13-39)54-37(2)60-35-76-54/h7-13,15-18,28-29,31,35,43,48,55,65H,14,19-27,30,32-34H2,1-6H3,(H2,59,68)(H,61,67)/t43-,48?,55-/m1/s1. The highest BCUT2D eigenvalue weighted by atomic mass is 32.1. The Morgan fingerprint density at radius 2 is 1.50 bits per heavy atom. The minimum Gasteiger partial charge on any atom is -0.491 e. The molecule has 1 aliphatic rings. The molecule has 0 spiro atoms. The summed E-state index contributed by atoms with van der Waals surface area (Å²) < 4.78 is 36.4. The molecule has 3 aromatic heterocycles. The second-order valence-electron chi connectivity index (χ2n) is 20.2. The number of hydrogen-bond donors (Lipinski definition) is 3. The van der Waals surface area contributed by atoms with E-state index in [1.54, 1.807) is 11.3 Å². The van der Waals surface area contributed by atoms with Gasteiger partial charge in [-0.1, -0.05) is 80.5 Å². The largest absolute Gasteiger partial charge is 0.491 e. The van der Waals surface area contributed by atoms with Crippen LogP contribution < -0.4 is 15.8 Å². The molecule has 1 unspecified atom stereocenters. The van der Waals surface area contributed by atoms with Crippen molar-refractivity contribution in [2.75, 3.05) is 66.0 Å². The third-order valence-electron chi connectivity index (χ3n) is 13.5. The van der Waals surface area contributed by atoms with Crippen LogP contribution in [-0.2, 0) is 46.3 Å². The van der Waals surface area contributed by atoms with Gasteiger partial charge in [-0.15, -0.1) is 11.3 Å². The summed E-state index contributed by atoms with van der Waals surface area (Å²) in [6, 6.07) is 26.2. The molecule has 4 heterocycles. The number of Topliss-reactive ketones (excluding diaryl/α,β-unsaturated/α-hetero) is 1. The number of fused-ring (bicyclic) bond motifs is 3. The van der Waals surface area contributed by atoms with Crippen LogP contribution in [0.15, 0.2) is 95.0 Å². The van der Waals surface area contributed by atoms with Crippen molar-refractivity contribution in [1.82, 2.24) is 24.9 Å². The number of aromatic nitrogens is 3. The normalized spacial score (nSPS) is 15.2. The predicted octanol–water partition coefficient (Wildman–Crippen LogP) is 7.79. The quantitative estimate of drug-likeness (QED) is 0.0442. The number of likely N-dealkylation sites (tertiary alicyclic amines) is 1. The van der Waals surface area contributed by atoms with Crippen LogP contribution in [0.3, 0.4) is 0 Å². The van der Waals surface area contributed by atoms with Gasteiger partial charge in [-0.3, -0.25) is 19.2 Å². The summed E-state index contributed by atoms with van der Waals surface area (Å²) in [5.74, 6) is -0.289. The van der Waals surface area contributed by atoms with Crippen molar-refractivity contribution >= 4 is 56.6 Å². The Morgan fingerprint density at radius 1 is 0.816 bits per heavy atom. The van der Waals surface area contributed by atoms with Crippen LogP contribution in [0.25, 0.3) is 43.4 Å². The zero-order chi connectivity index (χ0) is 53.9. The number of carbonyl (C=O) groups is 4. The van der Waals surface area contributed by atoms with E-state index in [0.29, 0.717) is 63.1 Å². The number of thiazole rings is 1. The summed E-state index contributed by atoms with van der Waals surface area (Å²) in [4.78, 5) is 60.6. The first-order valence-electron chi connectivity index (χ1n) is 25.7. The number of aliphatic hydroxyl groups excluding tert-OH is 1. The predicted molar refractivity (Wildman–Crippen MR) is 290 cm³/mol. The molecule has 3 atom stereocenters. The van der Waals surface area contributed by atoms with E-state index >= 15 is 0 Å². The SMILES string of the molecule is Cc1ncsc1-c1ccc(CCC(=O)C2C[C@@H](O)CN2C(=O)[C@@H](NC(=O)COCCOCCOCCOCCOc2ccc3c(c2)c2c(C(N)=O)cc(-c4c(C)noc4C)cc2n3Cc2ccccc2)C(C)(C)C)cc1. The zero-order valence-corrected chi connectivity index (χ0v) is 44.9. The van der Waals surface area contributed by atoms with Gasteiger partial charge >= 0.3 is 0 Å². The number of aryl methyl sites for hydroxylation is 4. The van der Waals surface area contributed by atoms with Crippen molar-refractivity contribution in [3.63, 3.8) is 0 Å². The molecule has 7 aromatic rings. The highest BCUT2D eigenvalue weighted by Crippen LogP contribution is 2.39. The maximum Gasteiger partial charge on any atom is 0.249 e. The van der Waals surface area contributed by atoms with Crippen LogP contribution in [0.1, 0.15) is 72.2 Å². The number of nitrogens with zero attached hydrogens (tertiary/aromatic N) is 4. The van der Waals surface area contributed by atoms with Crippen LogP contribution in [0.2, 0.25) is 0 Å². The Bertz CT molecular complexity index is 3110. The third kappa shape index (κ3) is 13.6. The number of nitrogens with two attached hydrogens (primary N) is 1. The number of rotatable bonds is 26. The first-order valence-corrected chi connectivity index (χ1v) is 26.6. The summed E-state index contributed by atoms with van der Waals surface area (Å²) in [6.45, 7) is 13.8. The average molecular weight is 1060 g/mol. The van der Waals surface area contributed by atoms with Gasteiger partial charge < -0.3 is 53.8 Å². The highest BCUT2D eigenvalue weighted by Gasteiger charge is 2.44. The molecule has 17 nitrogen and oxygen atoms in total. The molecule has 1 saturated heterocycles. The van der Waals surface area contributed by atoms with Crippen molar-refractivity contribution in [3.05, 3.63) is 124 Å². The van der Waals surface area contributed by atoms with Gasteiger partial charge in [-0.25, -0.2) is 4.98 Å². The van der Waals surface area contributed by atoms with Crippen molar-refractivity contribution < 1.29 is 52.5 Å². The van der Waals surface area contributed by atoms with E-state index in [2.05, 4.69) is 38.2 Å². The van der Waals surface area contributed by atoms with Gasteiger partial charge in [0.25, 0.3) is 0 Å². The summed E-state index contributed by atoms with van der Waals surface area (Å²) in [7, 11) is 0. The molecule has 76 heavy (non-hydrogen) atoms. The van der Waals surface area contributed by atoms with Crippen molar-refractivity contribution in [3.8, 4) is 27.3 Å². The fourth-order valence-corrected chi connectivity index (χ4v) is 10.5. The number of β-amino-alcohol motifs (C(OH)–C–C–N with tert-alkyl or cyclic N) is 1. The first kappa shape index (κ1) is 55.4. The number of carbonyl (C=O) groups excluding carboxylic acids is 4. The zero-order valence-electron chi connectivity index (χ0n) is 44.1. The van der Waals surface area contributed by atoms with Gasteiger partial charge in [0.2, 0.25) is 17.7 Å². The van der Waals surface area contributed by atoms with Gasteiger partial charge in [0.05, 0.1) is 85.7 Å². The van der Waals surface area contributed by atoms with Gasteiger partial charge in [0.15, 0.2) is 5.78 Å². The van der Waals surface area contributed by atoms with E-state index in [1.807, 2.05) is 114 Å². The van der Waals surface area contributed by atoms with Gasteiger partial charge in [0.1, 0.15) is 30.8 Å². The Labute approximate surface area is 446 Å². The van der Waals surface area contributed by atoms with E-state index in [1.165, 1.54) is 4.90 Å². The molecule has 4 N–H and O–H groups in total. The van der Waals surface area contributed by atoms with Crippen molar-refractivity contribution in [2.24, 2.45) is 11.1 Å². The molecule has 1 fully saturated rings. The highest BCUT2D eigenvalue weighted by molar-refractivity contribution is 7.13. The fraction of sp³-hybridized carbons (Fsp3) is 0.414. The summed E-state index contributed by atoms with van der Waals surface area (Å²) in [5.41, 5.74) is 15.9. The number of benzene rings is 4. The first-order chi connectivity index (χ1) is 36.6. The minimum atomic E-state index is -0.951. The molecule has 0 aliphatic carbocycles. The van der Waals surface area contributed by atoms with Gasteiger partial charge in [0, 0.05) is 53.3 Å². The maximum absolute atomic E-state index is 14.0. The Hall–Kier alpha value is -6.80. The molecular weight excluding hydrogens is 989 g/mol. The Morgan fingerprint density at radius 3 is 2.13 bits per heavy atom. The molecule has 0 bridgehead atoms. The summed E-state index contributed by atoms with van der Waals surface area (Å²) in [6.07, 6.45) is 0.0207. The number of primary amides is 1. The molecular formula is C58H68N6O11S. The van der Waals surface area contributed by atoms with Crippen LogP contribution >= 0.6 is 11.3 Å². The lowest BCUT2D eigenvalue weighted by molar-refractivity contribution is -0.144. The van der Waals surface area contributed by atoms with Gasteiger partial charge in [-0.05, 0) is 85.2 Å². The van der Waals surface area contributed by atoms with Crippen LogP contribution in [-0.4, -0.2) is 132 Å². The molecule has 4 aromatic carbocycles.